The summed E-state index contributed by atoms with van der Waals surface area (Å²) >= 11 is 5.87. The Morgan fingerprint density at radius 1 is 1.19 bits per heavy atom. The van der Waals surface area contributed by atoms with Crippen LogP contribution >= 0.6 is 11.6 Å². The van der Waals surface area contributed by atoms with E-state index in [0.717, 1.165) is 11.3 Å². The summed E-state index contributed by atoms with van der Waals surface area (Å²) in [5.74, 6) is 0.853. The van der Waals surface area contributed by atoms with Gasteiger partial charge in [-0.1, -0.05) is 37.6 Å². The second kappa shape index (κ2) is 5.33. The lowest BCUT2D eigenvalue weighted by Crippen LogP contribution is -2.12. The quantitative estimate of drug-likeness (QED) is 0.781. The van der Waals surface area contributed by atoms with Crippen molar-refractivity contribution in [2.45, 2.75) is 26.2 Å². The Morgan fingerprint density at radius 3 is 2.57 bits per heavy atom. The molecule has 0 radical (unpaired) electrons. The number of fused-ring (bicyclic) bond motifs is 1. The van der Waals surface area contributed by atoms with Gasteiger partial charge in [0, 0.05) is 11.4 Å². The molecule has 0 bridgehead atoms. The molecule has 3 rings (SSSR count). The molecule has 0 atom stereocenters. The van der Waals surface area contributed by atoms with E-state index in [9.17, 15) is 4.79 Å². The summed E-state index contributed by atoms with van der Waals surface area (Å²) < 4.78 is 0. The van der Waals surface area contributed by atoms with Crippen LogP contribution in [0.15, 0.2) is 29.1 Å². The predicted octanol–water partition coefficient (Wildman–Crippen LogP) is 3.01. The fourth-order valence-electron chi connectivity index (χ4n) is 2.26. The minimum atomic E-state index is -0.216. The lowest BCUT2D eigenvalue weighted by Gasteiger charge is -2.04. The molecular weight excluding hydrogens is 288 g/mol. The zero-order valence-corrected chi connectivity index (χ0v) is 12.5. The molecule has 0 saturated carbocycles. The monoisotopic (exact) mass is 302 g/mol. The van der Waals surface area contributed by atoms with Crippen LogP contribution in [0.1, 0.15) is 36.8 Å². The molecule has 0 aliphatic heterocycles. The predicted molar refractivity (Wildman–Crippen MR) is 82.9 cm³/mol. The number of aromatic nitrogens is 4. The Labute approximate surface area is 126 Å². The summed E-state index contributed by atoms with van der Waals surface area (Å²) in [7, 11) is 0. The molecule has 2 aromatic heterocycles. The van der Waals surface area contributed by atoms with Crippen LogP contribution in [0.5, 0.6) is 0 Å². The molecule has 0 fully saturated rings. The van der Waals surface area contributed by atoms with Gasteiger partial charge in [0.05, 0.1) is 5.69 Å². The van der Waals surface area contributed by atoms with E-state index in [0.29, 0.717) is 28.3 Å². The van der Waals surface area contributed by atoms with E-state index in [1.54, 1.807) is 0 Å². The number of nitrogens with zero attached hydrogens (tertiary/aromatic N) is 2. The van der Waals surface area contributed by atoms with Gasteiger partial charge >= 0.3 is 0 Å². The van der Waals surface area contributed by atoms with E-state index >= 15 is 0 Å². The zero-order chi connectivity index (χ0) is 15.0. The number of hydrogen-bond acceptors (Lipinski definition) is 3. The molecule has 0 unspecified atom stereocenters. The molecule has 0 amide bonds. The van der Waals surface area contributed by atoms with Gasteiger partial charge in [0.15, 0.2) is 5.52 Å². The number of aromatic amines is 2. The highest BCUT2D eigenvalue weighted by molar-refractivity contribution is 6.30. The fourth-order valence-corrected chi connectivity index (χ4v) is 2.38. The lowest BCUT2D eigenvalue weighted by atomic mass is 10.1. The van der Waals surface area contributed by atoms with Gasteiger partial charge in [-0.2, -0.15) is 5.10 Å². The van der Waals surface area contributed by atoms with Crippen LogP contribution in [0.4, 0.5) is 0 Å². The summed E-state index contributed by atoms with van der Waals surface area (Å²) in [6.07, 6.45) is 0.547. The number of benzene rings is 1. The van der Waals surface area contributed by atoms with Crippen molar-refractivity contribution < 1.29 is 0 Å². The number of rotatable bonds is 3. The molecule has 0 saturated heterocycles. The van der Waals surface area contributed by atoms with Crippen LogP contribution in [-0.2, 0) is 6.42 Å². The van der Waals surface area contributed by atoms with Crippen LogP contribution in [0.2, 0.25) is 5.02 Å². The van der Waals surface area contributed by atoms with Crippen molar-refractivity contribution in [2.24, 2.45) is 0 Å². The molecule has 3 aromatic rings. The molecule has 0 spiro atoms. The number of H-pyrrole nitrogens is 2. The maximum absolute atomic E-state index is 12.1. The molecular formula is C15H15ClN4O. The van der Waals surface area contributed by atoms with Gasteiger partial charge in [-0.05, 0) is 23.6 Å². The average molecular weight is 303 g/mol. The third-order valence-electron chi connectivity index (χ3n) is 3.35. The van der Waals surface area contributed by atoms with Crippen molar-refractivity contribution in [3.05, 3.63) is 56.7 Å². The van der Waals surface area contributed by atoms with Gasteiger partial charge in [0.2, 0.25) is 0 Å². The summed E-state index contributed by atoms with van der Waals surface area (Å²) in [5.41, 5.74) is 2.72. The normalized spacial score (nSPS) is 11.4. The van der Waals surface area contributed by atoms with Crippen LogP contribution in [0.3, 0.4) is 0 Å². The van der Waals surface area contributed by atoms with Crippen LogP contribution < -0.4 is 5.56 Å². The fraction of sp³-hybridized carbons (Fsp3) is 0.267. The molecule has 2 heterocycles. The topological polar surface area (TPSA) is 74.4 Å². The SMILES string of the molecule is CC(C)c1[nH]nc2c(=O)[nH]c(Cc3ccc(Cl)cc3)nc12. The molecule has 0 aliphatic rings. The van der Waals surface area contributed by atoms with Crippen LogP contribution in [0.25, 0.3) is 11.0 Å². The smallest absolute Gasteiger partial charge is 0.279 e. The maximum Gasteiger partial charge on any atom is 0.279 e. The molecule has 0 aliphatic carbocycles. The largest absolute Gasteiger partial charge is 0.308 e. The number of halogens is 1. The Hall–Kier alpha value is -2.14. The van der Waals surface area contributed by atoms with Crippen molar-refractivity contribution in [1.29, 1.82) is 0 Å². The molecule has 2 N–H and O–H groups in total. The van der Waals surface area contributed by atoms with E-state index in [2.05, 4.69) is 20.2 Å². The Kier molecular flexibility index (Phi) is 3.51. The average Bonchev–Trinajstić information content (AvgIpc) is 2.86. The first kappa shape index (κ1) is 13.8. The van der Waals surface area contributed by atoms with Crippen molar-refractivity contribution in [2.75, 3.05) is 0 Å². The highest BCUT2D eigenvalue weighted by atomic mass is 35.5. The molecule has 6 heteroatoms. The third kappa shape index (κ3) is 2.69. The standard InChI is InChI=1S/C15H15ClN4O/c1-8(2)12-13-14(20-19-12)15(21)18-11(17-13)7-9-3-5-10(16)6-4-9/h3-6,8H,7H2,1-2H3,(H,19,20)(H,17,18,21). The summed E-state index contributed by atoms with van der Waals surface area (Å²) in [6, 6.07) is 7.49. The summed E-state index contributed by atoms with van der Waals surface area (Å²) in [4.78, 5) is 19.4. The molecule has 108 valence electrons. The molecule has 21 heavy (non-hydrogen) atoms. The van der Waals surface area contributed by atoms with Gasteiger partial charge in [-0.25, -0.2) is 4.98 Å². The minimum absolute atomic E-state index is 0.216. The summed E-state index contributed by atoms with van der Waals surface area (Å²) in [6.45, 7) is 4.07. The number of nitrogens with one attached hydrogen (secondary N) is 2. The Morgan fingerprint density at radius 2 is 1.90 bits per heavy atom. The van der Waals surface area contributed by atoms with Gasteiger partial charge in [0.25, 0.3) is 5.56 Å². The van der Waals surface area contributed by atoms with Gasteiger partial charge in [0.1, 0.15) is 11.3 Å². The summed E-state index contributed by atoms with van der Waals surface area (Å²) in [5, 5.41) is 7.64. The number of hydrogen-bond donors (Lipinski definition) is 2. The Bertz CT molecular complexity index is 833. The first-order chi connectivity index (χ1) is 10.0. The van der Waals surface area contributed by atoms with Crippen molar-refractivity contribution in [3.8, 4) is 0 Å². The van der Waals surface area contributed by atoms with E-state index in [1.165, 1.54) is 0 Å². The first-order valence-electron chi connectivity index (χ1n) is 6.76. The third-order valence-corrected chi connectivity index (χ3v) is 3.60. The highest BCUT2D eigenvalue weighted by Crippen LogP contribution is 2.19. The highest BCUT2D eigenvalue weighted by Gasteiger charge is 2.14. The van der Waals surface area contributed by atoms with Gasteiger partial charge < -0.3 is 4.98 Å². The minimum Gasteiger partial charge on any atom is -0.308 e. The second-order valence-electron chi connectivity index (χ2n) is 5.31. The second-order valence-corrected chi connectivity index (χ2v) is 5.74. The van der Waals surface area contributed by atoms with E-state index < -0.39 is 0 Å². The van der Waals surface area contributed by atoms with E-state index in [-0.39, 0.29) is 11.5 Å². The van der Waals surface area contributed by atoms with Crippen molar-refractivity contribution >= 4 is 22.6 Å². The molecule has 1 aromatic carbocycles. The molecule has 5 nitrogen and oxygen atoms in total. The van der Waals surface area contributed by atoms with E-state index in [1.807, 2.05) is 38.1 Å². The Balaban J connectivity index is 2.05. The zero-order valence-electron chi connectivity index (χ0n) is 11.8. The van der Waals surface area contributed by atoms with Gasteiger partial charge in [-0.15, -0.1) is 0 Å². The van der Waals surface area contributed by atoms with Crippen LogP contribution in [-0.4, -0.2) is 20.2 Å². The first-order valence-corrected chi connectivity index (χ1v) is 7.14. The van der Waals surface area contributed by atoms with E-state index in [4.69, 9.17) is 11.6 Å². The lowest BCUT2D eigenvalue weighted by molar-refractivity contribution is 0.814. The maximum atomic E-state index is 12.1. The van der Waals surface area contributed by atoms with Crippen molar-refractivity contribution in [3.63, 3.8) is 0 Å². The van der Waals surface area contributed by atoms with Gasteiger partial charge in [-0.3, -0.25) is 9.89 Å². The van der Waals surface area contributed by atoms with Crippen LogP contribution in [0, 0.1) is 0 Å². The van der Waals surface area contributed by atoms with Crippen molar-refractivity contribution in [1.82, 2.24) is 20.2 Å².